The van der Waals surface area contributed by atoms with Crippen molar-refractivity contribution in [2.24, 2.45) is 11.8 Å². The summed E-state index contributed by atoms with van der Waals surface area (Å²) in [6.45, 7) is 7.22. The van der Waals surface area contributed by atoms with Crippen molar-refractivity contribution in [3.63, 3.8) is 0 Å². The lowest BCUT2D eigenvalue weighted by Crippen LogP contribution is -2.53. The molecule has 3 aromatic rings. The predicted molar refractivity (Wildman–Crippen MR) is 146 cm³/mol. The van der Waals surface area contributed by atoms with E-state index in [1.807, 2.05) is 58.0 Å². The first kappa shape index (κ1) is 30.3. The Kier molecular flexibility index (Phi) is 10.7. The molecule has 10 nitrogen and oxygen atoms in total. The molecule has 11 heteroatoms. The summed E-state index contributed by atoms with van der Waals surface area (Å²) in [6, 6.07) is 12.5. The molecule has 2 atom stereocenters. The van der Waals surface area contributed by atoms with Gasteiger partial charge in [0, 0.05) is 5.56 Å². The summed E-state index contributed by atoms with van der Waals surface area (Å²) in [6.07, 6.45) is -0.144. The summed E-state index contributed by atoms with van der Waals surface area (Å²) >= 11 is 0. The minimum atomic E-state index is -0.952. The van der Waals surface area contributed by atoms with Gasteiger partial charge in [0.1, 0.15) is 18.5 Å². The van der Waals surface area contributed by atoms with Crippen molar-refractivity contribution in [2.75, 3.05) is 0 Å². The number of rotatable bonds is 13. The third-order valence-corrected chi connectivity index (χ3v) is 6.04. The number of halogens is 1. The van der Waals surface area contributed by atoms with Gasteiger partial charge in [0.15, 0.2) is 11.6 Å². The lowest BCUT2D eigenvalue weighted by atomic mass is 9.98. The smallest absolute Gasteiger partial charge is 0.442 e. The third kappa shape index (κ3) is 8.89. The van der Waals surface area contributed by atoms with Gasteiger partial charge in [-0.15, -0.1) is 0 Å². The Balaban J connectivity index is 1.72. The van der Waals surface area contributed by atoms with Gasteiger partial charge in [-0.2, -0.15) is 0 Å². The highest BCUT2D eigenvalue weighted by Gasteiger charge is 2.29. The van der Waals surface area contributed by atoms with Crippen LogP contribution in [0.4, 0.5) is 9.18 Å². The number of carbonyl (C=O) groups excluding carboxylic acids is 3. The molecule has 2 N–H and O–H groups in total. The monoisotopic (exact) mass is 554 g/mol. The van der Waals surface area contributed by atoms with Crippen LogP contribution in [0, 0.1) is 17.7 Å². The fourth-order valence-electron chi connectivity index (χ4n) is 4.10. The first-order valence-corrected chi connectivity index (χ1v) is 13.2. The standard InChI is InChI=1S/C29H35FN4O6/c1-18(2)14-23(25(35)16-34-26(33-40-29(34)38)21-10-12-22(30)13-11-21)31-27(36)24(15-19(3)4)32-28(37)39-17-20-8-6-5-7-9-20/h5-13,18-19,23-24H,14-17H2,1-4H3,(H,31,36)(H,32,37)/t23-,24-/m0/s1. The minimum absolute atomic E-state index is 0.0253. The van der Waals surface area contributed by atoms with Crippen molar-refractivity contribution in [1.29, 1.82) is 0 Å². The maximum atomic E-state index is 13.4. The molecule has 0 spiro atoms. The summed E-state index contributed by atoms with van der Waals surface area (Å²) in [5.74, 6) is -2.18. The first-order valence-electron chi connectivity index (χ1n) is 13.2. The molecule has 0 aliphatic carbocycles. The zero-order chi connectivity index (χ0) is 29.2. The number of nitrogens with one attached hydrogen (secondary N) is 2. The van der Waals surface area contributed by atoms with Gasteiger partial charge in [-0.1, -0.05) is 63.2 Å². The van der Waals surface area contributed by atoms with Crippen LogP contribution in [0.5, 0.6) is 0 Å². The molecule has 0 aliphatic rings. The molecule has 0 saturated carbocycles. The molecule has 0 aliphatic heterocycles. The molecule has 2 amide bonds. The summed E-state index contributed by atoms with van der Waals surface area (Å²) in [7, 11) is 0. The van der Waals surface area contributed by atoms with Crippen molar-refractivity contribution in [2.45, 2.75) is 65.8 Å². The molecule has 0 fully saturated rings. The van der Waals surface area contributed by atoms with Gasteiger partial charge in [-0.3, -0.25) is 14.1 Å². The van der Waals surface area contributed by atoms with Crippen molar-refractivity contribution in [3.05, 3.63) is 76.5 Å². The van der Waals surface area contributed by atoms with Gasteiger partial charge < -0.3 is 15.4 Å². The number of carbonyl (C=O) groups is 3. The number of Topliss-reactive ketones (excluding diaryl/α,β-unsaturated/α-hetero) is 1. The number of amides is 2. The minimum Gasteiger partial charge on any atom is -0.445 e. The maximum Gasteiger partial charge on any atom is 0.442 e. The molecule has 40 heavy (non-hydrogen) atoms. The van der Waals surface area contributed by atoms with E-state index in [0.717, 1.165) is 10.1 Å². The Labute approximate surface area is 231 Å². The van der Waals surface area contributed by atoms with Crippen molar-refractivity contribution in [1.82, 2.24) is 20.4 Å². The quantitative estimate of drug-likeness (QED) is 0.325. The van der Waals surface area contributed by atoms with Gasteiger partial charge in [0.25, 0.3) is 0 Å². The van der Waals surface area contributed by atoms with E-state index < -0.39 is 48.0 Å². The Hall–Kier alpha value is -4.28. The Morgan fingerprint density at radius 2 is 1.55 bits per heavy atom. The van der Waals surface area contributed by atoms with Crippen LogP contribution in [0.3, 0.4) is 0 Å². The van der Waals surface area contributed by atoms with Crippen LogP contribution in [0.25, 0.3) is 11.4 Å². The number of ether oxygens (including phenoxy) is 1. The SMILES string of the molecule is CC(C)C[C@H](NC(=O)[C@H](CC(C)C)NC(=O)OCc1ccccc1)C(=O)Cn1c(-c2ccc(F)cc2)noc1=O. The van der Waals surface area contributed by atoms with Gasteiger partial charge in [-0.05, 0) is 54.5 Å². The van der Waals surface area contributed by atoms with Gasteiger partial charge >= 0.3 is 11.8 Å². The largest absolute Gasteiger partial charge is 0.445 e. The van der Waals surface area contributed by atoms with E-state index in [1.54, 1.807) is 0 Å². The van der Waals surface area contributed by atoms with E-state index >= 15 is 0 Å². The zero-order valence-electron chi connectivity index (χ0n) is 23.1. The number of ketones is 1. The second-order valence-electron chi connectivity index (χ2n) is 10.4. The molecule has 0 unspecified atom stereocenters. The summed E-state index contributed by atoms with van der Waals surface area (Å²) in [4.78, 5) is 51.5. The third-order valence-electron chi connectivity index (χ3n) is 6.04. The molecule has 0 bridgehead atoms. The normalized spacial score (nSPS) is 12.7. The Bertz CT molecular complexity index is 1330. The maximum absolute atomic E-state index is 13.4. The fraction of sp³-hybridized carbons (Fsp3) is 0.414. The molecule has 0 saturated heterocycles. The molecule has 3 rings (SSSR count). The second-order valence-corrected chi connectivity index (χ2v) is 10.4. The highest BCUT2D eigenvalue weighted by molar-refractivity contribution is 5.92. The van der Waals surface area contributed by atoms with E-state index in [0.29, 0.717) is 18.4 Å². The van der Waals surface area contributed by atoms with E-state index in [2.05, 4.69) is 15.8 Å². The number of aromatic nitrogens is 2. The Morgan fingerprint density at radius 3 is 2.17 bits per heavy atom. The number of benzene rings is 2. The van der Waals surface area contributed by atoms with Gasteiger partial charge in [0.2, 0.25) is 5.91 Å². The summed E-state index contributed by atoms with van der Waals surface area (Å²) in [5.41, 5.74) is 1.19. The van der Waals surface area contributed by atoms with E-state index in [9.17, 15) is 23.6 Å². The first-order chi connectivity index (χ1) is 19.0. The summed E-state index contributed by atoms with van der Waals surface area (Å²) < 4.78 is 24.5. The average molecular weight is 555 g/mol. The lowest BCUT2D eigenvalue weighted by Gasteiger charge is -2.25. The highest BCUT2D eigenvalue weighted by Crippen LogP contribution is 2.17. The number of alkyl carbamates (subject to hydrolysis) is 1. The van der Waals surface area contributed by atoms with Crippen LogP contribution in [-0.2, 0) is 27.5 Å². The number of nitrogens with zero attached hydrogens (tertiary/aromatic N) is 2. The van der Waals surface area contributed by atoms with Crippen LogP contribution in [0.1, 0.15) is 46.1 Å². The van der Waals surface area contributed by atoms with Crippen molar-refractivity contribution >= 4 is 17.8 Å². The fourth-order valence-corrected chi connectivity index (χ4v) is 4.10. The number of hydrogen-bond acceptors (Lipinski definition) is 7. The second kappa shape index (κ2) is 14.2. The number of hydrogen-bond donors (Lipinski definition) is 2. The molecule has 1 aromatic heterocycles. The average Bonchev–Trinajstić information content (AvgIpc) is 3.26. The van der Waals surface area contributed by atoms with Crippen LogP contribution < -0.4 is 16.4 Å². The molecule has 1 heterocycles. The van der Waals surface area contributed by atoms with Crippen LogP contribution in [-0.4, -0.2) is 39.6 Å². The van der Waals surface area contributed by atoms with Crippen molar-refractivity contribution in [3.8, 4) is 11.4 Å². The molecular weight excluding hydrogens is 519 g/mol. The zero-order valence-corrected chi connectivity index (χ0v) is 23.1. The predicted octanol–water partition coefficient (Wildman–Crippen LogP) is 4.08. The van der Waals surface area contributed by atoms with Crippen LogP contribution in [0.2, 0.25) is 0 Å². The van der Waals surface area contributed by atoms with Crippen molar-refractivity contribution < 1.29 is 28.0 Å². The highest BCUT2D eigenvalue weighted by atomic mass is 19.1. The van der Waals surface area contributed by atoms with Gasteiger partial charge in [0.05, 0.1) is 12.6 Å². The van der Waals surface area contributed by atoms with Crippen LogP contribution in [0.15, 0.2) is 63.9 Å². The van der Waals surface area contributed by atoms with Crippen LogP contribution >= 0.6 is 0 Å². The molecule has 0 radical (unpaired) electrons. The van der Waals surface area contributed by atoms with Gasteiger partial charge in [-0.25, -0.2) is 18.5 Å². The molecular formula is C29H35FN4O6. The lowest BCUT2D eigenvalue weighted by molar-refractivity contribution is -0.129. The Morgan fingerprint density at radius 1 is 0.925 bits per heavy atom. The topological polar surface area (TPSA) is 133 Å². The molecule has 214 valence electrons. The molecule has 2 aromatic carbocycles. The summed E-state index contributed by atoms with van der Waals surface area (Å²) in [5, 5.41) is 9.10. The van der Waals surface area contributed by atoms with E-state index in [4.69, 9.17) is 9.26 Å². The van der Waals surface area contributed by atoms with E-state index in [1.165, 1.54) is 24.3 Å². The van der Waals surface area contributed by atoms with E-state index in [-0.39, 0.29) is 24.3 Å².